The summed E-state index contributed by atoms with van der Waals surface area (Å²) in [5, 5.41) is 2.34. The predicted molar refractivity (Wildman–Crippen MR) is 55.1 cm³/mol. The molecule has 0 aliphatic heterocycles. The number of carbonyl (C=O) groups is 2. The molecule has 1 N–H and O–H groups in total. The normalized spacial score (nSPS) is 12.5. The Morgan fingerprint density at radius 3 is 2.33 bits per heavy atom. The highest BCUT2D eigenvalue weighted by atomic mass is 16.6. The van der Waals surface area contributed by atoms with E-state index in [-0.39, 0.29) is 0 Å². The SMILES string of the molecule is C=COC(=O)C(C)NC(=O)OC(C)(C)C. The van der Waals surface area contributed by atoms with Gasteiger partial charge >= 0.3 is 12.1 Å². The number of alkyl carbamates (subject to hydrolysis) is 1. The summed E-state index contributed by atoms with van der Waals surface area (Å²) in [6.45, 7) is 9.94. The van der Waals surface area contributed by atoms with Crippen LogP contribution in [-0.4, -0.2) is 23.7 Å². The van der Waals surface area contributed by atoms with Crippen molar-refractivity contribution in [3.63, 3.8) is 0 Å². The van der Waals surface area contributed by atoms with E-state index in [1.165, 1.54) is 6.92 Å². The van der Waals surface area contributed by atoms with E-state index in [4.69, 9.17) is 4.74 Å². The van der Waals surface area contributed by atoms with Gasteiger partial charge in [-0.1, -0.05) is 6.58 Å². The first-order valence-corrected chi connectivity index (χ1v) is 4.57. The van der Waals surface area contributed by atoms with Crippen molar-refractivity contribution in [3.05, 3.63) is 12.8 Å². The number of carbonyl (C=O) groups excluding carboxylic acids is 2. The van der Waals surface area contributed by atoms with Crippen molar-refractivity contribution < 1.29 is 19.1 Å². The van der Waals surface area contributed by atoms with E-state index in [2.05, 4.69) is 16.6 Å². The summed E-state index contributed by atoms with van der Waals surface area (Å²) in [6, 6.07) is -0.766. The van der Waals surface area contributed by atoms with E-state index in [0.29, 0.717) is 0 Å². The molecule has 0 aliphatic rings. The molecule has 0 aromatic heterocycles. The Balaban J connectivity index is 4.07. The van der Waals surface area contributed by atoms with Crippen LogP contribution in [0.3, 0.4) is 0 Å². The van der Waals surface area contributed by atoms with Crippen LogP contribution in [0.2, 0.25) is 0 Å². The highest BCUT2D eigenvalue weighted by Gasteiger charge is 2.21. The van der Waals surface area contributed by atoms with Gasteiger partial charge in [0.05, 0.1) is 6.26 Å². The molecular weight excluding hydrogens is 198 g/mol. The quantitative estimate of drug-likeness (QED) is 0.573. The molecule has 0 aromatic carbocycles. The van der Waals surface area contributed by atoms with Gasteiger partial charge in [-0.3, -0.25) is 0 Å². The van der Waals surface area contributed by atoms with Gasteiger partial charge in [-0.25, -0.2) is 9.59 Å². The van der Waals surface area contributed by atoms with Crippen LogP contribution in [0.4, 0.5) is 4.79 Å². The second-order valence-electron chi connectivity index (χ2n) is 3.97. The second-order valence-corrected chi connectivity index (χ2v) is 3.97. The Morgan fingerprint density at radius 1 is 1.40 bits per heavy atom. The van der Waals surface area contributed by atoms with Crippen LogP contribution in [0.5, 0.6) is 0 Å². The van der Waals surface area contributed by atoms with E-state index < -0.39 is 23.7 Å². The number of ether oxygens (including phenoxy) is 2. The van der Waals surface area contributed by atoms with E-state index in [1.54, 1.807) is 20.8 Å². The first-order valence-electron chi connectivity index (χ1n) is 4.57. The molecule has 0 heterocycles. The van der Waals surface area contributed by atoms with Crippen molar-refractivity contribution in [1.29, 1.82) is 0 Å². The van der Waals surface area contributed by atoms with E-state index in [9.17, 15) is 9.59 Å². The van der Waals surface area contributed by atoms with Crippen molar-refractivity contribution in [2.75, 3.05) is 0 Å². The fraction of sp³-hybridized carbons (Fsp3) is 0.600. The molecule has 1 unspecified atom stereocenters. The standard InChI is InChI=1S/C10H17NO4/c1-6-14-8(12)7(2)11-9(13)15-10(3,4)5/h6-7H,1H2,2-5H3,(H,11,13). The lowest BCUT2D eigenvalue weighted by Gasteiger charge is -2.21. The van der Waals surface area contributed by atoms with Crippen molar-refractivity contribution in [1.82, 2.24) is 5.32 Å². The monoisotopic (exact) mass is 215 g/mol. The molecule has 0 radical (unpaired) electrons. The lowest BCUT2D eigenvalue weighted by atomic mass is 10.2. The Hall–Kier alpha value is -1.52. The van der Waals surface area contributed by atoms with Crippen LogP contribution in [0, 0.1) is 0 Å². The Kier molecular flexibility index (Phi) is 4.84. The zero-order valence-electron chi connectivity index (χ0n) is 9.49. The van der Waals surface area contributed by atoms with Crippen molar-refractivity contribution >= 4 is 12.1 Å². The number of rotatable bonds is 3. The van der Waals surface area contributed by atoms with E-state index in [0.717, 1.165) is 6.26 Å². The summed E-state index contributed by atoms with van der Waals surface area (Å²) in [7, 11) is 0. The first-order chi connectivity index (χ1) is 6.76. The van der Waals surface area contributed by atoms with Gasteiger partial charge in [0, 0.05) is 0 Å². The highest BCUT2D eigenvalue weighted by Crippen LogP contribution is 2.06. The van der Waals surface area contributed by atoms with Crippen LogP contribution < -0.4 is 5.32 Å². The minimum atomic E-state index is -0.766. The van der Waals surface area contributed by atoms with Crippen LogP contribution in [-0.2, 0) is 14.3 Å². The fourth-order valence-electron chi connectivity index (χ4n) is 0.727. The minimum absolute atomic E-state index is 0.587. The van der Waals surface area contributed by atoms with Crippen LogP contribution in [0.25, 0.3) is 0 Å². The van der Waals surface area contributed by atoms with E-state index in [1.807, 2.05) is 0 Å². The average molecular weight is 215 g/mol. The lowest BCUT2D eigenvalue weighted by Crippen LogP contribution is -2.42. The number of nitrogens with one attached hydrogen (secondary N) is 1. The summed E-state index contributed by atoms with van der Waals surface area (Å²) in [5.74, 6) is -0.587. The maximum absolute atomic E-state index is 11.2. The molecule has 86 valence electrons. The second kappa shape index (κ2) is 5.38. The topological polar surface area (TPSA) is 64.6 Å². The Morgan fingerprint density at radius 2 is 1.93 bits per heavy atom. The molecule has 0 fully saturated rings. The van der Waals surface area contributed by atoms with Gasteiger partial charge in [-0.05, 0) is 27.7 Å². The maximum atomic E-state index is 11.2. The zero-order valence-corrected chi connectivity index (χ0v) is 9.49. The summed E-state index contributed by atoms with van der Waals surface area (Å²) in [6.07, 6.45) is 0.353. The third-order valence-corrected chi connectivity index (χ3v) is 1.29. The smallest absolute Gasteiger partial charge is 0.408 e. The molecule has 1 atom stereocenters. The van der Waals surface area contributed by atoms with Gasteiger partial charge in [0.15, 0.2) is 0 Å². The predicted octanol–water partition coefficient (Wildman–Crippen LogP) is 1.59. The Labute approximate surface area is 89.4 Å². The van der Waals surface area contributed by atoms with Crippen molar-refractivity contribution in [2.24, 2.45) is 0 Å². The minimum Gasteiger partial charge on any atom is -0.444 e. The van der Waals surface area contributed by atoms with Gasteiger partial charge < -0.3 is 14.8 Å². The third-order valence-electron chi connectivity index (χ3n) is 1.29. The van der Waals surface area contributed by atoms with Gasteiger partial charge in [0.25, 0.3) is 0 Å². The largest absolute Gasteiger partial charge is 0.444 e. The van der Waals surface area contributed by atoms with Gasteiger partial charge in [-0.15, -0.1) is 0 Å². The molecule has 5 heteroatoms. The van der Waals surface area contributed by atoms with Crippen LogP contribution >= 0.6 is 0 Å². The molecule has 0 aromatic rings. The van der Waals surface area contributed by atoms with Crippen molar-refractivity contribution in [3.8, 4) is 0 Å². The number of amides is 1. The number of hydrogen-bond donors (Lipinski definition) is 1. The average Bonchev–Trinajstić information content (AvgIpc) is 2.00. The fourth-order valence-corrected chi connectivity index (χ4v) is 0.727. The Bertz CT molecular complexity index is 255. The molecule has 0 rings (SSSR count). The maximum Gasteiger partial charge on any atom is 0.408 e. The summed E-state index contributed by atoms with van der Waals surface area (Å²) >= 11 is 0. The molecule has 5 nitrogen and oxygen atoms in total. The molecular formula is C10H17NO4. The van der Waals surface area contributed by atoms with Crippen LogP contribution in [0.15, 0.2) is 12.8 Å². The molecule has 0 bridgehead atoms. The number of hydrogen-bond acceptors (Lipinski definition) is 4. The van der Waals surface area contributed by atoms with Crippen molar-refractivity contribution in [2.45, 2.75) is 39.3 Å². The molecule has 0 aliphatic carbocycles. The lowest BCUT2D eigenvalue weighted by molar-refractivity contribution is -0.139. The number of esters is 1. The molecule has 0 spiro atoms. The molecule has 15 heavy (non-hydrogen) atoms. The van der Waals surface area contributed by atoms with Gasteiger partial charge in [0.2, 0.25) is 0 Å². The summed E-state index contributed by atoms with van der Waals surface area (Å²) < 4.78 is 9.44. The zero-order chi connectivity index (χ0) is 12.1. The third kappa shape index (κ3) is 6.54. The summed E-state index contributed by atoms with van der Waals surface area (Å²) in [4.78, 5) is 22.3. The molecule has 0 saturated heterocycles. The van der Waals surface area contributed by atoms with E-state index >= 15 is 0 Å². The molecule has 1 amide bonds. The van der Waals surface area contributed by atoms with Gasteiger partial charge in [-0.2, -0.15) is 0 Å². The van der Waals surface area contributed by atoms with Crippen LogP contribution in [0.1, 0.15) is 27.7 Å². The summed E-state index contributed by atoms with van der Waals surface area (Å²) in [5.41, 5.74) is -0.591. The van der Waals surface area contributed by atoms with Gasteiger partial charge in [0.1, 0.15) is 11.6 Å². The highest BCUT2D eigenvalue weighted by molar-refractivity contribution is 5.81. The first kappa shape index (κ1) is 13.5. The molecule has 0 saturated carbocycles.